The van der Waals surface area contributed by atoms with Crippen molar-refractivity contribution in [2.24, 2.45) is 0 Å². The number of aromatic hydroxyl groups is 2. The highest BCUT2D eigenvalue weighted by molar-refractivity contribution is 5.73. The minimum absolute atomic E-state index is 0.0677. The van der Waals surface area contributed by atoms with Crippen LogP contribution in [0.15, 0.2) is 42.5 Å². The Morgan fingerprint density at radius 3 is 2.25 bits per heavy atom. The fourth-order valence-electron chi connectivity index (χ4n) is 2.25. The van der Waals surface area contributed by atoms with Crippen molar-refractivity contribution in [3.05, 3.63) is 48.0 Å². The van der Waals surface area contributed by atoms with Crippen LogP contribution in [0.2, 0.25) is 0 Å². The molecule has 0 bridgehead atoms. The van der Waals surface area contributed by atoms with Crippen molar-refractivity contribution in [3.8, 4) is 22.6 Å². The summed E-state index contributed by atoms with van der Waals surface area (Å²) < 4.78 is 0. The lowest BCUT2D eigenvalue weighted by Gasteiger charge is -2.24. The Morgan fingerprint density at radius 2 is 1.65 bits per heavy atom. The Bertz CT molecular complexity index is 591. The molecule has 0 aromatic heterocycles. The molecule has 0 saturated carbocycles. The van der Waals surface area contributed by atoms with E-state index in [-0.39, 0.29) is 23.5 Å². The van der Waals surface area contributed by atoms with E-state index >= 15 is 0 Å². The van der Waals surface area contributed by atoms with E-state index in [2.05, 4.69) is 0 Å². The number of hydrogen-bond donors (Lipinski definition) is 4. The van der Waals surface area contributed by atoms with Gasteiger partial charge < -0.3 is 20.4 Å². The van der Waals surface area contributed by atoms with Crippen molar-refractivity contribution in [2.75, 3.05) is 0 Å². The van der Waals surface area contributed by atoms with E-state index < -0.39 is 5.79 Å². The molecular weight excluding hydrogens is 256 g/mol. The van der Waals surface area contributed by atoms with Gasteiger partial charge in [0.05, 0.1) is 5.56 Å². The Hall–Kier alpha value is -2.04. The van der Waals surface area contributed by atoms with Crippen LogP contribution in [0.4, 0.5) is 0 Å². The zero-order valence-corrected chi connectivity index (χ0v) is 11.2. The summed E-state index contributed by atoms with van der Waals surface area (Å²) in [6.45, 7) is 1.80. The number of hydrogen-bond acceptors (Lipinski definition) is 4. The quantitative estimate of drug-likeness (QED) is 0.510. The minimum atomic E-state index is -2.17. The van der Waals surface area contributed by atoms with E-state index in [0.717, 1.165) is 0 Å². The number of rotatable bonds is 4. The highest BCUT2D eigenvalue weighted by atomic mass is 16.5. The maximum Gasteiger partial charge on any atom is 0.193 e. The Kier molecular flexibility index (Phi) is 3.97. The van der Waals surface area contributed by atoms with Crippen LogP contribution in [0.3, 0.4) is 0 Å². The van der Waals surface area contributed by atoms with Crippen molar-refractivity contribution in [2.45, 2.75) is 25.6 Å². The van der Waals surface area contributed by atoms with Gasteiger partial charge >= 0.3 is 0 Å². The summed E-state index contributed by atoms with van der Waals surface area (Å²) in [5.74, 6) is -2.52. The van der Waals surface area contributed by atoms with Gasteiger partial charge in [0.25, 0.3) is 0 Å². The second-order valence-corrected chi connectivity index (χ2v) is 4.82. The molecule has 0 fully saturated rings. The van der Waals surface area contributed by atoms with E-state index in [1.807, 2.05) is 6.07 Å². The standard InChI is InChI=1S/C16H18O4/c1-2-8-16(19,20)14-10-12(17)9-13(15(14)18)11-6-4-3-5-7-11/h3-7,9-10,17-20H,2,8H2,1H3. The first-order chi connectivity index (χ1) is 9.45. The maximum absolute atomic E-state index is 10.3. The van der Waals surface area contributed by atoms with E-state index in [1.54, 1.807) is 31.2 Å². The summed E-state index contributed by atoms with van der Waals surface area (Å²) >= 11 is 0. The molecule has 4 N–H and O–H groups in total. The molecule has 2 aromatic carbocycles. The van der Waals surface area contributed by atoms with Crippen LogP contribution in [0, 0.1) is 0 Å². The molecule has 20 heavy (non-hydrogen) atoms. The molecule has 0 spiro atoms. The molecule has 0 aliphatic heterocycles. The van der Waals surface area contributed by atoms with Crippen LogP contribution < -0.4 is 0 Å². The molecule has 0 saturated heterocycles. The van der Waals surface area contributed by atoms with Gasteiger partial charge in [-0.25, -0.2) is 0 Å². The van der Waals surface area contributed by atoms with Crippen molar-refractivity contribution in [3.63, 3.8) is 0 Å². The zero-order chi connectivity index (χ0) is 14.8. The fourth-order valence-corrected chi connectivity index (χ4v) is 2.25. The van der Waals surface area contributed by atoms with Crippen molar-refractivity contribution < 1.29 is 20.4 Å². The van der Waals surface area contributed by atoms with E-state index in [1.165, 1.54) is 12.1 Å². The van der Waals surface area contributed by atoms with Crippen molar-refractivity contribution in [1.82, 2.24) is 0 Å². The van der Waals surface area contributed by atoms with E-state index in [4.69, 9.17) is 0 Å². The van der Waals surface area contributed by atoms with Crippen LogP contribution >= 0.6 is 0 Å². The highest BCUT2D eigenvalue weighted by Crippen LogP contribution is 2.41. The third-order valence-electron chi connectivity index (χ3n) is 3.21. The first-order valence-corrected chi connectivity index (χ1v) is 6.52. The second-order valence-electron chi connectivity index (χ2n) is 4.82. The molecule has 0 amide bonds. The lowest BCUT2D eigenvalue weighted by Crippen LogP contribution is -2.24. The average Bonchev–Trinajstić information content (AvgIpc) is 2.42. The maximum atomic E-state index is 10.3. The molecule has 0 aliphatic rings. The SMILES string of the molecule is CCCC(O)(O)c1cc(O)cc(-c2ccccc2)c1O. The predicted octanol–water partition coefficient (Wildman–Crippen LogP) is 2.70. The largest absolute Gasteiger partial charge is 0.508 e. The first kappa shape index (κ1) is 14.4. The van der Waals surface area contributed by atoms with E-state index in [9.17, 15) is 20.4 Å². The molecule has 2 rings (SSSR count). The van der Waals surface area contributed by atoms with Crippen LogP contribution in [0.5, 0.6) is 11.5 Å². The second kappa shape index (κ2) is 5.53. The topological polar surface area (TPSA) is 80.9 Å². The summed E-state index contributed by atoms with van der Waals surface area (Å²) in [6.07, 6.45) is 0.598. The fraction of sp³-hybridized carbons (Fsp3) is 0.250. The molecule has 0 heterocycles. The Labute approximate surface area is 117 Å². The third-order valence-corrected chi connectivity index (χ3v) is 3.21. The smallest absolute Gasteiger partial charge is 0.193 e. The third kappa shape index (κ3) is 2.76. The molecule has 0 unspecified atom stereocenters. The van der Waals surface area contributed by atoms with Crippen LogP contribution in [-0.2, 0) is 5.79 Å². The van der Waals surface area contributed by atoms with Gasteiger partial charge in [0, 0.05) is 12.0 Å². The lowest BCUT2D eigenvalue weighted by molar-refractivity contribution is -0.175. The summed E-state index contributed by atoms with van der Waals surface area (Å²) in [5.41, 5.74) is 0.969. The summed E-state index contributed by atoms with van der Waals surface area (Å²) in [4.78, 5) is 0. The molecule has 106 valence electrons. The van der Waals surface area contributed by atoms with Gasteiger partial charge in [-0.2, -0.15) is 0 Å². The molecule has 4 heteroatoms. The van der Waals surface area contributed by atoms with Crippen LogP contribution in [0.25, 0.3) is 11.1 Å². The van der Waals surface area contributed by atoms with Crippen molar-refractivity contribution in [1.29, 1.82) is 0 Å². The number of aliphatic hydroxyl groups is 2. The average molecular weight is 274 g/mol. The van der Waals surface area contributed by atoms with Gasteiger partial charge in [-0.05, 0) is 17.7 Å². The summed E-state index contributed by atoms with van der Waals surface area (Å²) in [7, 11) is 0. The van der Waals surface area contributed by atoms with Gasteiger partial charge in [0.2, 0.25) is 0 Å². The lowest BCUT2D eigenvalue weighted by atomic mass is 9.94. The number of phenolic OH excluding ortho intramolecular Hbond substituents is 2. The van der Waals surface area contributed by atoms with Crippen LogP contribution in [0.1, 0.15) is 25.3 Å². The number of phenols is 2. The zero-order valence-electron chi connectivity index (χ0n) is 11.2. The molecule has 0 radical (unpaired) electrons. The summed E-state index contributed by atoms with van der Waals surface area (Å²) in [6, 6.07) is 11.6. The minimum Gasteiger partial charge on any atom is -0.508 e. The Morgan fingerprint density at radius 1 is 1.00 bits per heavy atom. The first-order valence-electron chi connectivity index (χ1n) is 6.52. The number of benzene rings is 2. The summed E-state index contributed by atoms with van der Waals surface area (Å²) in [5, 5.41) is 40.2. The molecule has 4 nitrogen and oxygen atoms in total. The normalized spacial score (nSPS) is 11.6. The van der Waals surface area contributed by atoms with Gasteiger partial charge in [0.1, 0.15) is 11.5 Å². The van der Waals surface area contributed by atoms with Gasteiger partial charge in [-0.1, -0.05) is 43.7 Å². The van der Waals surface area contributed by atoms with Crippen molar-refractivity contribution >= 4 is 0 Å². The highest BCUT2D eigenvalue weighted by Gasteiger charge is 2.30. The molecular formula is C16H18O4. The van der Waals surface area contributed by atoms with E-state index in [0.29, 0.717) is 17.5 Å². The van der Waals surface area contributed by atoms with Gasteiger partial charge in [0.15, 0.2) is 5.79 Å². The molecule has 2 aromatic rings. The Balaban J connectivity index is 2.59. The molecule has 0 aliphatic carbocycles. The predicted molar refractivity (Wildman–Crippen MR) is 76.2 cm³/mol. The monoisotopic (exact) mass is 274 g/mol. The van der Waals surface area contributed by atoms with Gasteiger partial charge in [-0.3, -0.25) is 0 Å². The molecule has 0 atom stereocenters. The van der Waals surface area contributed by atoms with Gasteiger partial charge in [-0.15, -0.1) is 0 Å². The van der Waals surface area contributed by atoms with Crippen LogP contribution in [-0.4, -0.2) is 20.4 Å².